The van der Waals surface area contributed by atoms with Crippen LogP contribution in [0.15, 0.2) is 18.2 Å². The quantitative estimate of drug-likeness (QED) is 0.933. The van der Waals surface area contributed by atoms with Crippen molar-refractivity contribution in [3.8, 4) is 0 Å². The summed E-state index contributed by atoms with van der Waals surface area (Å²) in [4.78, 5) is 1.92. The number of aryl methyl sites for hydroxylation is 2. The molecule has 124 valence electrons. The number of hydrogen-bond donors (Lipinski definition) is 1. The van der Waals surface area contributed by atoms with Gasteiger partial charge < -0.3 is 5.11 Å². The number of nitrogens with zero attached hydrogens (tertiary/aromatic N) is 3. The van der Waals surface area contributed by atoms with Crippen molar-refractivity contribution in [2.75, 3.05) is 6.54 Å². The van der Waals surface area contributed by atoms with Crippen LogP contribution >= 0.6 is 11.6 Å². The van der Waals surface area contributed by atoms with E-state index in [1.807, 2.05) is 11.8 Å². The number of likely N-dealkylation sites (tertiary alicyclic amines) is 1. The lowest BCUT2D eigenvalue weighted by molar-refractivity contribution is 0.172. The number of β-amino-alcohol motifs (C(OH)–C–C–N with tert-alkyl or cyclic N) is 1. The molecule has 0 radical (unpaired) electrons. The third-order valence-corrected chi connectivity index (χ3v) is 4.80. The highest BCUT2D eigenvalue weighted by atomic mass is 35.5. The van der Waals surface area contributed by atoms with Crippen LogP contribution in [0.3, 0.4) is 0 Å². The maximum absolute atomic E-state index is 14.1. The Balaban J connectivity index is 1.92. The topological polar surface area (TPSA) is 41.3 Å². The molecule has 0 spiro atoms. The first kappa shape index (κ1) is 16.4. The highest BCUT2D eigenvalue weighted by Crippen LogP contribution is 2.36. The van der Waals surface area contributed by atoms with Crippen molar-refractivity contribution in [3.63, 3.8) is 0 Å². The summed E-state index contributed by atoms with van der Waals surface area (Å²) in [6.07, 6.45) is -0.226. The number of halogens is 3. The number of aliphatic hydroxyl groups excluding tert-OH is 1. The molecule has 23 heavy (non-hydrogen) atoms. The first-order chi connectivity index (χ1) is 10.9. The predicted octanol–water partition coefficient (Wildman–Crippen LogP) is 2.97. The molecule has 2 heterocycles. The van der Waals surface area contributed by atoms with Gasteiger partial charge in [0.25, 0.3) is 0 Å². The average molecular weight is 342 g/mol. The molecule has 4 nitrogen and oxygen atoms in total. The maximum Gasteiger partial charge on any atom is 0.131 e. The summed E-state index contributed by atoms with van der Waals surface area (Å²) in [5.41, 5.74) is 1.89. The molecule has 1 aliphatic rings. The summed E-state index contributed by atoms with van der Waals surface area (Å²) in [5.74, 6) is -0.956. The van der Waals surface area contributed by atoms with E-state index in [1.165, 1.54) is 6.07 Å². The van der Waals surface area contributed by atoms with Gasteiger partial charge in [-0.3, -0.25) is 9.58 Å². The predicted molar refractivity (Wildman–Crippen MR) is 83.1 cm³/mol. The molecule has 1 aliphatic heterocycles. The standard InChI is InChI=1S/C16H18ClF2N3O/c1-9-13(16(17)21(2)20-9)8-22-7-11(23)6-15(22)12-5-10(18)3-4-14(12)19/h3-5,11,15,23H,6-8H2,1-2H3/t11-,15+/m1/s1. The van der Waals surface area contributed by atoms with Crippen LogP contribution in [0.5, 0.6) is 0 Å². The molecule has 0 unspecified atom stereocenters. The van der Waals surface area contributed by atoms with Crippen LogP contribution in [0.2, 0.25) is 5.15 Å². The Hall–Kier alpha value is -1.50. The molecule has 0 amide bonds. The molecule has 1 fully saturated rings. The zero-order valence-electron chi connectivity index (χ0n) is 12.9. The third kappa shape index (κ3) is 3.11. The lowest BCUT2D eigenvalue weighted by Crippen LogP contribution is -2.25. The van der Waals surface area contributed by atoms with Crippen LogP contribution in [-0.2, 0) is 13.6 Å². The van der Waals surface area contributed by atoms with Crippen LogP contribution in [0.4, 0.5) is 8.78 Å². The summed E-state index contributed by atoms with van der Waals surface area (Å²) in [6, 6.07) is 3.02. The van der Waals surface area contributed by atoms with Gasteiger partial charge in [0.2, 0.25) is 0 Å². The second-order valence-corrected chi connectivity index (χ2v) is 6.34. The molecule has 1 aromatic carbocycles. The van der Waals surface area contributed by atoms with Crippen molar-refractivity contribution in [2.24, 2.45) is 7.05 Å². The molecule has 7 heteroatoms. The normalized spacial score (nSPS) is 22.0. The number of rotatable bonds is 3. The van der Waals surface area contributed by atoms with Gasteiger partial charge in [0.15, 0.2) is 0 Å². The van der Waals surface area contributed by atoms with Crippen molar-refractivity contribution in [1.29, 1.82) is 0 Å². The third-order valence-electron chi connectivity index (χ3n) is 4.33. The second kappa shape index (κ2) is 6.19. The van der Waals surface area contributed by atoms with Crippen LogP contribution < -0.4 is 0 Å². The zero-order chi connectivity index (χ0) is 16.7. The van der Waals surface area contributed by atoms with Gasteiger partial charge in [-0.1, -0.05) is 11.6 Å². The second-order valence-electron chi connectivity index (χ2n) is 5.98. The fourth-order valence-electron chi connectivity index (χ4n) is 3.20. The Labute approximate surface area is 138 Å². The molecule has 0 saturated carbocycles. The first-order valence-electron chi connectivity index (χ1n) is 7.42. The minimum atomic E-state index is -0.585. The van der Waals surface area contributed by atoms with Crippen molar-refractivity contribution in [3.05, 3.63) is 51.8 Å². The molecule has 3 rings (SSSR count). The molecule has 2 aromatic rings. The number of hydrogen-bond acceptors (Lipinski definition) is 3. The summed E-state index contributed by atoms with van der Waals surface area (Å²) in [6.45, 7) is 2.66. The summed E-state index contributed by atoms with van der Waals surface area (Å²) in [5, 5.41) is 14.8. The Kier molecular flexibility index (Phi) is 4.40. The van der Waals surface area contributed by atoms with Gasteiger partial charge in [-0.05, 0) is 31.5 Å². The smallest absolute Gasteiger partial charge is 0.131 e. The van der Waals surface area contributed by atoms with E-state index >= 15 is 0 Å². The van der Waals surface area contributed by atoms with E-state index in [2.05, 4.69) is 5.10 Å². The molecule has 1 aromatic heterocycles. The van der Waals surface area contributed by atoms with Crippen molar-refractivity contribution in [1.82, 2.24) is 14.7 Å². The van der Waals surface area contributed by atoms with E-state index in [4.69, 9.17) is 11.6 Å². The van der Waals surface area contributed by atoms with Gasteiger partial charge in [0.05, 0.1) is 11.8 Å². The highest BCUT2D eigenvalue weighted by molar-refractivity contribution is 6.30. The van der Waals surface area contributed by atoms with E-state index < -0.39 is 23.8 Å². The lowest BCUT2D eigenvalue weighted by atomic mass is 10.0. The van der Waals surface area contributed by atoms with E-state index in [0.29, 0.717) is 24.7 Å². The first-order valence-corrected chi connectivity index (χ1v) is 7.79. The Morgan fingerprint density at radius 1 is 1.39 bits per heavy atom. The fraction of sp³-hybridized carbons (Fsp3) is 0.438. The molecular formula is C16H18ClF2N3O. The molecule has 0 aliphatic carbocycles. The SMILES string of the molecule is Cc1nn(C)c(Cl)c1CN1C[C@H](O)C[C@H]1c1cc(F)ccc1F. The lowest BCUT2D eigenvalue weighted by Gasteiger charge is -2.24. The summed E-state index contributed by atoms with van der Waals surface area (Å²) >= 11 is 6.26. The Bertz CT molecular complexity index is 734. The van der Waals surface area contributed by atoms with Crippen LogP contribution in [0.25, 0.3) is 0 Å². The molecule has 1 saturated heterocycles. The largest absolute Gasteiger partial charge is 0.392 e. The highest BCUT2D eigenvalue weighted by Gasteiger charge is 2.34. The van der Waals surface area contributed by atoms with E-state index in [9.17, 15) is 13.9 Å². The zero-order valence-corrected chi connectivity index (χ0v) is 13.7. The van der Waals surface area contributed by atoms with Gasteiger partial charge in [0.1, 0.15) is 16.8 Å². The number of aromatic nitrogens is 2. The average Bonchev–Trinajstić information content (AvgIpc) is 2.97. The van der Waals surface area contributed by atoms with Crippen LogP contribution in [0.1, 0.15) is 29.3 Å². The van der Waals surface area contributed by atoms with Gasteiger partial charge >= 0.3 is 0 Å². The van der Waals surface area contributed by atoms with Crippen molar-refractivity contribution in [2.45, 2.75) is 32.0 Å². The van der Waals surface area contributed by atoms with E-state index in [1.54, 1.807) is 11.7 Å². The van der Waals surface area contributed by atoms with Gasteiger partial charge in [-0.2, -0.15) is 5.10 Å². The molecule has 1 N–H and O–H groups in total. The summed E-state index contributed by atoms with van der Waals surface area (Å²) < 4.78 is 29.2. The number of aliphatic hydroxyl groups is 1. The van der Waals surface area contributed by atoms with Crippen molar-refractivity contribution < 1.29 is 13.9 Å². The molecule has 2 atom stereocenters. The van der Waals surface area contributed by atoms with Gasteiger partial charge in [0, 0.05) is 37.3 Å². The van der Waals surface area contributed by atoms with Crippen LogP contribution in [0, 0.1) is 18.6 Å². The van der Waals surface area contributed by atoms with Gasteiger partial charge in [-0.15, -0.1) is 0 Å². The summed E-state index contributed by atoms with van der Waals surface area (Å²) in [7, 11) is 1.75. The van der Waals surface area contributed by atoms with Crippen molar-refractivity contribution >= 4 is 11.6 Å². The number of benzene rings is 1. The Morgan fingerprint density at radius 3 is 2.78 bits per heavy atom. The minimum absolute atomic E-state index is 0.263. The van der Waals surface area contributed by atoms with Gasteiger partial charge in [-0.25, -0.2) is 8.78 Å². The molecule has 0 bridgehead atoms. The van der Waals surface area contributed by atoms with E-state index in [0.717, 1.165) is 23.4 Å². The van der Waals surface area contributed by atoms with E-state index in [-0.39, 0.29) is 5.56 Å². The Morgan fingerprint density at radius 2 is 2.13 bits per heavy atom. The monoisotopic (exact) mass is 341 g/mol. The maximum atomic E-state index is 14.1. The fourth-order valence-corrected chi connectivity index (χ4v) is 3.44. The minimum Gasteiger partial charge on any atom is -0.392 e. The molecular weight excluding hydrogens is 324 g/mol. The van der Waals surface area contributed by atoms with Crippen LogP contribution in [-0.4, -0.2) is 32.4 Å².